The van der Waals surface area contributed by atoms with Crippen LogP contribution in [0.3, 0.4) is 0 Å². The molecule has 2 heterocycles. The molecule has 0 aliphatic carbocycles. The Morgan fingerprint density at radius 2 is 1.15 bits per heavy atom. The van der Waals surface area contributed by atoms with Gasteiger partial charge < -0.3 is 14.8 Å². The first kappa shape index (κ1) is 38.2. The third kappa shape index (κ3) is 5.92. The molecule has 2 aliphatic heterocycles. The highest BCUT2D eigenvalue weighted by Gasteiger charge is 2.41. The van der Waals surface area contributed by atoms with Gasteiger partial charge >= 0.3 is 0 Å². The molecular formula is C43H45N3O8S. The summed E-state index contributed by atoms with van der Waals surface area (Å²) in [5, 5.41) is 7.85. The molecule has 12 heteroatoms. The maximum Gasteiger partial charge on any atom is 0.261 e. The number of thioether (sulfide) groups is 1. The fourth-order valence-corrected chi connectivity index (χ4v) is 9.76. The van der Waals surface area contributed by atoms with Crippen molar-refractivity contribution in [3.8, 4) is 5.75 Å². The first-order valence-electron chi connectivity index (χ1n) is 19.0. The molecule has 5 aromatic rings. The van der Waals surface area contributed by atoms with Crippen LogP contribution in [0.1, 0.15) is 109 Å². The largest absolute Gasteiger partial charge is 0.490 e. The summed E-state index contributed by atoms with van der Waals surface area (Å²) < 4.78 is 11.8. The van der Waals surface area contributed by atoms with Crippen LogP contribution in [0.4, 0.5) is 0 Å². The van der Waals surface area contributed by atoms with E-state index in [0.29, 0.717) is 102 Å². The molecule has 0 radical (unpaired) electrons. The van der Waals surface area contributed by atoms with Crippen LogP contribution < -0.4 is 10.1 Å². The number of nitrogens with zero attached hydrogens (tertiary/aromatic N) is 2. The van der Waals surface area contributed by atoms with Crippen LogP contribution >= 0.6 is 11.8 Å². The van der Waals surface area contributed by atoms with Crippen molar-refractivity contribution in [2.75, 3.05) is 26.1 Å². The second-order valence-electron chi connectivity index (χ2n) is 14.3. The molecule has 5 aromatic carbocycles. The van der Waals surface area contributed by atoms with Crippen molar-refractivity contribution in [3.05, 3.63) is 58.7 Å². The molecule has 286 valence electrons. The van der Waals surface area contributed by atoms with Gasteiger partial charge in [0.2, 0.25) is 5.91 Å². The number of carbonyl (C=O) groups excluding carboxylic acids is 6. The summed E-state index contributed by atoms with van der Waals surface area (Å²) in [5.41, 5.74) is 1.53. The lowest BCUT2D eigenvalue weighted by Gasteiger charge is -2.35. The first-order chi connectivity index (χ1) is 26.4. The third-order valence-electron chi connectivity index (χ3n) is 11.3. The average Bonchev–Trinajstić information content (AvgIpc) is 3.17. The molecule has 1 atom stereocenters. The summed E-state index contributed by atoms with van der Waals surface area (Å²) in [6, 6.07) is 9.38. The number of methoxy groups -OCH3 is 1. The van der Waals surface area contributed by atoms with Crippen molar-refractivity contribution < 1.29 is 38.2 Å². The smallest absolute Gasteiger partial charge is 0.261 e. The summed E-state index contributed by atoms with van der Waals surface area (Å²) in [7, 11) is 1.57. The lowest BCUT2D eigenvalue weighted by molar-refractivity contribution is -0.125. The third-order valence-corrected chi connectivity index (χ3v) is 12.4. The van der Waals surface area contributed by atoms with Crippen LogP contribution in [0.15, 0.2) is 41.3 Å². The van der Waals surface area contributed by atoms with Crippen molar-refractivity contribution in [3.63, 3.8) is 0 Å². The summed E-state index contributed by atoms with van der Waals surface area (Å²) in [5.74, 6) is -1.49. The monoisotopic (exact) mass is 763 g/mol. The number of ketones is 1. The lowest BCUT2D eigenvalue weighted by atomic mass is 9.81. The van der Waals surface area contributed by atoms with E-state index in [1.54, 1.807) is 31.4 Å². The van der Waals surface area contributed by atoms with Crippen LogP contribution in [-0.4, -0.2) is 89.3 Å². The minimum atomic E-state index is -0.798. The number of rotatable bonds is 15. The van der Waals surface area contributed by atoms with Crippen molar-refractivity contribution >= 4 is 90.2 Å². The Morgan fingerprint density at radius 3 is 1.64 bits per heavy atom. The van der Waals surface area contributed by atoms with Gasteiger partial charge in [0.05, 0.1) is 18.2 Å². The molecule has 0 aromatic heterocycles. The molecule has 2 aliphatic rings. The maximum absolute atomic E-state index is 14.5. The molecule has 0 fully saturated rings. The zero-order valence-electron chi connectivity index (χ0n) is 32.2. The van der Waals surface area contributed by atoms with E-state index in [4.69, 9.17) is 9.47 Å². The van der Waals surface area contributed by atoms with E-state index in [1.807, 2.05) is 39.8 Å². The van der Waals surface area contributed by atoms with Gasteiger partial charge in [0, 0.05) is 85.8 Å². The molecule has 1 unspecified atom stereocenters. The van der Waals surface area contributed by atoms with Gasteiger partial charge in [-0.05, 0) is 67.6 Å². The Balaban J connectivity index is 1.63. The highest BCUT2D eigenvalue weighted by atomic mass is 32.2. The van der Waals surface area contributed by atoms with Crippen molar-refractivity contribution in [1.29, 1.82) is 0 Å². The number of Topliss-reactive ketones (excluding diaryl/α,β-unsaturated/α-hetero) is 1. The molecule has 0 bridgehead atoms. The van der Waals surface area contributed by atoms with E-state index in [-0.39, 0.29) is 54.6 Å². The fourth-order valence-electron chi connectivity index (χ4n) is 8.54. The van der Waals surface area contributed by atoms with Crippen LogP contribution in [0.25, 0.3) is 43.1 Å². The van der Waals surface area contributed by atoms with Crippen LogP contribution in [0.5, 0.6) is 5.75 Å². The SMILES string of the molecule is CCC(CC)N1C(=O)c2ccc3c4c(SCC(NC(C)=O)C(C)=O)cc5c6c(ccc(c7c(OCCOC)cc(c2c37)C1=O)c64)C(=O)N(C(CC)CC)C5=O. The second kappa shape index (κ2) is 14.9. The quantitative estimate of drug-likeness (QED) is 0.0377. The van der Waals surface area contributed by atoms with E-state index in [9.17, 15) is 28.8 Å². The number of amides is 5. The van der Waals surface area contributed by atoms with Gasteiger partial charge in [-0.15, -0.1) is 11.8 Å². The molecular weight excluding hydrogens is 719 g/mol. The predicted molar refractivity (Wildman–Crippen MR) is 214 cm³/mol. The Hall–Kier alpha value is -5.07. The molecule has 0 spiro atoms. The lowest BCUT2D eigenvalue weighted by Crippen LogP contribution is -2.46. The zero-order valence-corrected chi connectivity index (χ0v) is 33.0. The van der Waals surface area contributed by atoms with Gasteiger partial charge in [-0.1, -0.05) is 39.8 Å². The topological polar surface area (TPSA) is 139 Å². The zero-order chi connectivity index (χ0) is 39.5. The summed E-state index contributed by atoms with van der Waals surface area (Å²) in [4.78, 5) is 85.8. The summed E-state index contributed by atoms with van der Waals surface area (Å²) in [6.45, 7) is 11.1. The number of hydrogen-bond acceptors (Lipinski definition) is 9. The minimum Gasteiger partial charge on any atom is -0.490 e. The van der Waals surface area contributed by atoms with E-state index >= 15 is 0 Å². The van der Waals surface area contributed by atoms with Gasteiger partial charge in [0.25, 0.3) is 23.6 Å². The van der Waals surface area contributed by atoms with E-state index in [1.165, 1.54) is 35.4 Å². The van der Waals surface area contributed by atoms with Gasteiger partial charge in [-0.25, -0.2) is 0 Å². The number of fused-ring (bicyclic) bond motifs is 2. The summed E-state index contributed by atoms with van der Waals surface area (Å²) >= 11 is 1.33. The highest BCUT2D eigenvalue weighted by Crippen LogP contribution is 2.52. The molecule has 5 amide bonds. The van der Waals surface area contributed by atoms with Gasteiger partial charge in [-0.2, -0.15) is 0 Å². The van der Waals surface area contributed by atoms with Crippen molar-refractivity contribution in [1.82, 2.24) is 15.1 Å². The molecule has 0 saturated carbocycles. The average molecular weight is 764 g/mol. The molecule has 0 saturated heterocycles. The first-order valence-corrected chi connectivity index (χ1v) is 20.0. The minimum absolute atomic E-state index is 0.173. The Bertz CT molecular complexity index is 2450. The van der Waals surface area contributed by atoms with E-state index in [2.05, 4.69) is 5.32 Å². The number of benzene rings is 5. The Morgan fingerprint density at radius 1 is 0.655 bits per heavy atom. The van der Waals surface area contributed by atoms with Gasteiger partial charge in [-0.3, -0.25) is 38.6 Å². The van der Waals surface area contributed by atoms with Crippen LogP contribution in [-0.2, 0) is 14.3 Å². The fraction of sp³-hybridized carbons (Fsp3) is 0.395. The number of nitrogens with one attached hydrogen (secondary N) is 1. The molecule has 7 rings (SSSR count). The number of carbonyl (C=O) groups is 6. The standard InChI is InChI=1S/C43H45N3O8S/c1-8-23(9-2)45-40(49)27-15-13-26-37-33(55-20-31(21(5)47)44-22(6)48)19-30-35-28(41(50)46(43(30)52)24(10-3)11-4)14-12-25(39(35)37)36-32(54-17-16-53-7)18-29(42(45)51)34(27)38(26)36/h12-15,18-19,23-24,31H,8-11,16-17,20H2,1-7H3,(H,44,48). The van der Waals surface area contributed by atoms with E-state index in [0.717, 1.165) is 0 Å². The summed E-state index contributed by atoms with van der Waals surface area (Å²) in [6.07, 6.45) is 2.39. The number of imide groups is 2. The Kier molecular flexibility index (Phi) is 10.3. The van der Waals surface area contributed by atoms with Crippen molar-refractivity contribution in [2.24, 2.45) is 0 Å². The molecule has 55 heavy (non-hydrogen) atoms. The van der Waals surface area contributed by atoms with Gasteiger partial charge in [0.1, 0.15) is 12.4 Å². The number of ether oxygens (including phenoxy) is 2. The van der Waals surface area contributed by atoms with Crippen LogP contribution in [0.2, 0.25) is 0 Å². The van der Waals surface area contributed by atoms with Crippen LogP contribution in [0, 0.1) is 0 Å². The highest BCUT2D eigenvalue weighted by molar-refractivity contribution is 7.99. The van der Waals surface area contributed by atoms with Crippen molar-refractivity contribution in [2.45, 2.75) is 90.2 Å². The number of hydrogen-bond donors (Lipinski definition) is 1. The second-order valence-corrected chi connectivity index (χ2v) is 15.4. The predicted octanol–water partition coefficient (Wildman–Crippen LogP) is 7.52. The normalized spacial score (nSPS) is 14.9. The molecule has 11 nitrogen and oxygen atoms in total. The molecule has 1 N–H and O–H groups in total. The maximum atomic E-state index is 14.5. The Labute approximate surface area is 323 Å². The van der Waals surface area contributed by atoms with Gasteiger partial charge in [0.15, 0.2) is 5.78 Å². The van der Waals surface area contributed by atoms with E-state index < -0.39 is 17.9 Å².